The van der Waals surface area contributed by atoms with Crippen LogP contribution in [0, 0.1) is 40.4 Å². The Balaban J connectivity index is 1.44. The second-order valence-electron chi connectivity index (χ2n) is 12.2. The van der Waals surface area contributed by atoms with Crippen molar-refractivity contribution in [3.8, 4) is 0 Å². The van der Waals surface area contributed by atoms with Gasteiger partial charge in [0.05, 0.1) is 0 Å². The molecule has 0 aromatic heterocycles. The molecule has 0 radical (unpaired) electrons. The molecule has 0 saturated heterocycles. The fraction of sp³-hybridized carbons (Fsp3) is 0.893. The molecule has 2 heteroatoms. The summed E-state index contributed by atoms with van der Waals surface area (Å²) in [6, 6.07) is 0. The molecule has 0 N–H and O–H groups in total. The molecule has 0 heterocycles. The van der Waals surface area contributed by atoms with Gasteiger partial charge in [-0.05, 0) is 91.8 Å². The van der Waals surface area contributed by atoms with Gasteiger partial charge in [0.25, 0.3) is 0 Å². The Hall–Kier alpha value is -0.790. The quantitative estimate of drug-likeness (QED) is 0.253. The maximum Gasteiger partial charge on any atom is 0.302 e. The molecule has 0 aromatic carbocycles. The predicted molar refractivity (Wildman–Crippen MR) is 124 cm³/mol. The molecule has 0 unspecified atom stereocenters. The van der Waals surface area contributed by atoms with Crippen LogP contribution in [0.5, 0.6) is 0 Å². The highest BCUT2D eigenvalue weighted by atomic mass is 16.5. The summed E-state index contributed by atoms with van der Waals surface area (Å²) in [6.07, 6.45) is 18.8. The zero-order valence-corrected chi connectivity index (χ0v) is 20.3. The van der Waals surface area contributed by atoms with Gasteiger partial charge in [0.2, 0.25) is 0 Å². The summed E-state index contributed by atoms with van der Waals surface area (Å²) in [5, 5.41) is 0. The van der Waals surface area contributed by atoms with E-state index in [-0.39, 0.29) is 12.1 Å². The minimum absolute atomic E-state index is 0.114. The molecule has 170 valence electrons. The van der Waals surface area contributed by atoms with Crippen molar-refractivity contribution in [2.75, 3.05) is 0 Å². The lowest BCUT2D eigenvalue weighted by molar-refractivity contribution is -0.148. The Bertz CT molecular complexity index is 664. The van der Waals surface area contributed by atoms with E-state index >= 15 is 0 Å². The molecule has 30 heavy (non-hydrogen) atoms. The third-order valence-corrected chi connectivity index (χ3v) is 10.2. The Morgan fingerprint density at radius 3 is 2.63 bits per heavy atom. The van der Waals surface area contributed by atoms with Crippen LogP contribution in [0.15, 0.2) is 11.6 Å². The van der Waals surface area contributed by atoms with Gasteiger partial charge in [0.15, 0.2) is 0 Å². The lowest BCUT2D eigenvalue weighted by atomic mass is 9.47. The average Bonchev–Trinajstić information content (AvgIpc) is 3.01. The third-order valence-electron chi connectivity index (χ3n) is 10.2. The van der Waals surface area contributed by atoms with Crippen LogP contribution in [0.25, 0.3) is 0 Å². The standard InChI is InChI=1S/C28H46O2/c1-19(2)8-6-7-9-21-11-13-25-24-12-10-22-18-23(30-20(3)29)14-16-28(22,5)26(24)15-17-27(21,25)4/h10,19,21,23-26H,6-9,11-18H2,1-5H3/t21-,23-,24-,25-,26-,27+,28-/m0/s1. The van der Waals surface area contributed by atoms with Crippen molar-refractivity contribution in [3.05, 3.63) is 11.6 Å². The van der Waals surface area contributed by atoms with E-state index in [1.807, 2.05) is 0 Å². The highest BCUT2D eigenvalue weighted by Gasteiger charge is 2.58. The van der Waals surface area contributed by atoms with E-state index in [1.165, 1.54) is 64.2 Å². The van der Waals surface area contributed by atoms with Crippen LogP contribution in [0.2, 0.25) is 0 Å². The van der Waals surface area contributed by atoms with E-state index in [0.29, 0.717) is 10.8 Å². The van der Waals surface area contributed by atoms with Crippen LogP contribution < -0.4 is 0 Å². The van der Waals surface area contributed by atoms with Gasteiger partial charge in [-0.1, -0.05) is 58.6 Å². The normalized spacial score (nSPS) is 42.9. The summed E-state index contributed by atoms with van der Waals surface area (Å²) >= 11 is 0. The molecule has 0 amide bonds. The molecule has 0 aromatic rings. The van der Waals surface area contributed by atoms with E-state index in [9.17, 15) is 4.79 Å². The van der Waals surface area contributed by atoms with Crippen LogP contribution in [0.4, 0.5) is 0 Å². The molecule has 0 bridgehead atoms. The monoisotopic (exact) mass is 414 g/mol. The number of fused-ring (bicyclic) bond motifs is 5. The SMILES string of the molecule is CC(=O)O[C@H]1CC[C@@]2(C)C(=CC[C@H]3[C@@H]4CC[C@H](CCCCC(C)C)[C@@]4(C)CC[C@@H]32)C1. The molecule has 0 spiro atoms. The van der Waals surface area contributed by atoms with Crippen LogP contribution in [0.1, 0.15) is 112 Å². The minimum Gasteiger partial charge on any atom is -0.462 e. The molecule has 3 saturated carbocycles. The number of esters is 1. The number of allylic oxidation sites excluding steroid dienone is 1. The second-order valence-corrected chi connectivity index (χ2v) is 12.2. The number of ether oxygens (including phenoxy) is 1. The number of unbranched alkanes of at least 4 members (excludes halogenated alkanes) is 1. The van der Waals surface area contributed by atoms with Crippen molar-refractivity contribution in [1.29, 1.82) is 0 Å². The van der Waals surface area contributed by atoms with E-state index in [0.717, 1.165) is 42.4 Å². The Labute approximate surface area is 185 Å². The number of hydrogen-bond donors (Lipinski definition) is 0. The van der Waals surface area contributed by atoms with E-state index < -0.39 is 0 Å². The van der Waals surface area contributed by atoms with E-state index in [2.05, 4.69) is 33.8 Å². The number of carbonyl (C=O) groups excluding carboxylic acids is 1. The molecule has 7 atom stereocenters. The fourth-order valence-electron chi connectivity index (χ4n) is 8.49. The summed E-state index contributed by atoms with van der Waals surface area (Å²) in [4.78, 5) is 11.5. The number of carbonyl (C=O) groups is 1. The summed E-state index contributed by atoms with van der Waals surface area (Å²) in [6.45, 7) is 11.5. The molecule has 4 rings (SSSR count). The molecular weight excluding hydrogens is 368 g/mol. The van der Waals surface area contributed by atoms with Crippen LogP contribution in [0.3, 0.4) is 0 Å². The molecule has 0 aliphatic heterocycles. The summed E-state index contributed by atoms with van der Waals surface area (Å²) in [5.41, 5.74) is 2.57. The van der Waals surface area contributed by atoms with Crippen molar-refractivity contribution in [3.63, 3.8) is 0 Å². The lowest BCUT2D eigenvalue weighted by Gasteiger charge is -2.58. The van der Waals surface area contributed by atoms with Crippen LogP contribution in [-0.4, -0.2) is 12.1 Å². The average molecular weight is 415 g/mol. The van der Waals surface area contributed by atoms with Crippen LogP contribution in [-0.2, 0) is 9.53 Å². The van der Waals surface area contributed by atoms with Gasteiger partial charge >= 0.3 is 5.97 Å². The first-order valence-electron chi connectivity index (χ1n) is 13.1. The lowest BCUT2D eigenvalue weighted by Crippen LogP contribution is -2.50. The molecule has 3 fully saturated rings. The van der Waals surface area contributed by atoms with Crippen molar-refractivity contribution in [2.24, 2.45) is 40.4 Å². The number of rotatable bonds is 6. The van der Waals surface area contributed by atoms with Crippen molar-refractivity contribution in [2.45, 2.75) is 118 Å². The number of hydrogen-bond acceptors (Lipinski definition) is 2. The molecule has 4 aliphatic carbocycles. The van der Waals surface area contributed by atoms with Crippen molar-refractivity contribution < 1.29 is 9.53 Å². The maximum atomic E-state index is 11.5. The fourth-order valence-corrected chi connectivity index (χ4v) is 8.49. The molecular formula is C28H46O2. The van der Waals surface area contributed by atoms with Crippen molar-refractivity contribution in [1.82, 2.24) is 0 Å². The highest BCUT2D eigenvalue weighted by molar-refractivity contribution is 5.66. The van der Waals surface area contributed by atoms with Gasteiger partial charge in [0.1, 0.15) is 6.10 Å². The topological polar surface area (TPSA) is 26.3 Å². The highest BCUT2D eigenvalue weighted by Crippen LogP contribution is 2.66. The third kappa shape index (κ3) is 4.02. The van der Waals surface area contributed by atoms with Gasteiger partial charge < -0.3 is 4.74 Å². The van der Waals surface area contributed by atoms with E-state index in [4.69, 9.17) is 4.74 Å². The molecule has 2 nitrogen and oxygen atoms in total. The zero-order chi connectivity index (χ0) is 21.5. The minimum atomic E-state index is -0.114. The largest absolute Gasteiger partial charge is 0.462 e. The first kappa shape index (κ1) is 22.4. The smallest absolute Gasteiger partial charge is 0.302 e. The van der Waals surface area contributed by atoms with E-state index in [1.54, 1.807) is 12.5 Å². The Kier molecular flexibility index (Phi) is 6.44. The first-order chi connectivity index (χ1) is 14.2. The van der Waals surface area contributed by atoms with Crippen molar-refractivity contribution >= 4 is 5.97 Å². The zero-order valence-electron chi connectivity index (χ0n) is 20.3. The molecule has 4 aliphatic rings. The van der Waals surface area contributed by atoms with Gasteiger partial charge in [0, 0.05) is 13.3 Å². The second kappa shape index (κ2) is 8.62. The first-order valence-corrected chi connectivity index (χ1v) is 13.1. The maximum absolute atomic E-state index is 11.5. The van der Waals surface area contributed by atoms with Gasteiger partial charge in [-0.15, -0.1) is 0 Å². The van der Waals surface area contributed by atoms with Crippen LogP contribution >= 0.6 is 0 Å². The summed E-state index contributed by atoms with van der Waals surface area (Å²) < 4.78 is 5.60. The summed E-state index contributed by atoms with van der Waals surface area (Å²) in [7, 11) is 0. The van der Waals surface area contributed by atoms with Gasteiger partial charge in [-0.25, -0.2) is 0 Å². The Morgan fingerprint density at radius 1 is 1.10 bits per heavy atom. The Morgan fingerprint density at radius 2 is 1.90 bits per heavy atom. The predicted octanol–water partition coefficient (Wildman–Crippen LogP) is 7.71. The summed E-state index contributed by atoms with van der Waals surface area (Å²) in [5.74, 6) is 4.39. The van der Waals surface area contributed by atoms with Gasteiger partial charge in [-0.3, -0.25) is 4.79 Å². The van der Waals surface area contributed by atoms with Gasteiger partial charge in [-0.2, -0.15) is 0 Å².